The van der Waals surface area contributed by atoms with Gasteiger partial charge in [0.1, 0.15) is 0 Å². The van der Waals surface area contributed by atoms with Crippen molar-refractivity contribution in [3.8, 4) is 0 Å². The Morgan fingerprint density at radius 2 is 1.38 bits per heavy atom. The molecule has 0 radical (unpaired) electrons. The molecule has 12 heteroatoms. The number of rotatable bonds is 5. The predicted octanol–water partition coefficient (Wildman–Crippen LogP) is -0.189. The number of carbonyl (C=O) groups is 2. The summed E-state index contributed by atoms with van der Waals surface area (Å²) in [6.07, 6.45) is 2.10. The van der Waals surface area contributed by atoms with Crippen molar-refractivity contribution in [3.05, 3.63) is 30.3 Å². The number of urea groups is 2. The summed E-state index contributed by atoms with van der Waals surface area (Å²) in [5.74, 6) is 0. The molecule has 26 heavy (non-hydrogen) atoms. The van der Waals surface area contributed by atoms with Crippen LogP contribution in [0.1, 0.15) is 25.7 Å². The molecule has 2 rings (SSSR count). The van der Waals surface area contributed by atoms with E-state index in [1.165, 1.54) is 12.1 Å². The zero-order valence-electron chi connectivity index (χ0n) is 13.7. The third kappa shape index (κ3) is 6.19. The first-order valence-electron chi connectivity index (χ1n) is 7.86. The van der Waals surface area contributed by atoms with Crippen LogP contribution in [0.15, 0.2) is 35.2 Å². The minimum Gasteiger partial charge on any atom is -0.335 e. The first-order valence-corrected chi connectivity index (χ1v) is 10.5. The van der Waals surface area contributed by atoms with E-state index in [4.69, 9.17) is 0 Å². The molecule has 0 aliphatic heterocycles. The molecule has 0 aromatic heterocycles. The highest BCUT2D eigenvalue weighted by atomic mass is 32.2. The molecule has 0 heterocycles. The SMILES string of the molecule is O=C(NC1CCC(NC(=O)NS(=O)(=O)c2ccccc2)CC1)N[SH](=O)=O. The number of hydrogen-bond acceptors (Lipinski definition) is 6. The van der Waals surface area contributed by atoms with Crippen LogP contribution in [0.25, 0.3) is 0 Å². The molecule has 144 valence electrons. The Hall–Kier alpha value is -2.34. The molecule has 1 fully saturated rings. The smallest absolute Gasteiger partial charge is 0.328 e. The number of sulfonamides is 1. The van der Waals surface area contributed by atoms with E-state index in [1.54, 1.807) is 22.9 Å². The van der Waals surface area contributed by atoms with Crippen molar-refractivity contribution < 1.29 is 26.4 Å². The van der Waals surface area contributed by atoms with E-state index in [2.05, 4.69) is 10.6 Å². The highest BCUT2D eigenvalue weighted by Gasteiger charge is 2.25. The molecule has 0 saturated heterocycles. The Kier molecular flexibility index (Phi) is 6.80. The topological polar surface area (TPSA) is 151 Å². The standard InChI is InChI=1S/C14H20N4O6S2/c19-13(17-25(21)22)15-10-6-8-11(9-7-10)16-14(20)18-26(23,24)12-4-2-1-3-5-12/h1-5,10-11,25H,6-9H2,(H2,16,18,20)(H2,15,17,19,21,22). The van der Waals surface area contributed by atoms with Gasteiger partial charge in [0.2, 0.25) is 10.9 Å². The lowest BCUT2D eigenvalue weighted by molar-refractivity contribution is 0.226. The van der Waals surface area contributed by atoms with E-state index in [0.29, 0.717) is 25.7 Å². The molecular weight excluding hydrogens is 384 g/mol. The summed E-state index contributed by atoms with van der Waals surface area (Å²) in [6.45, 7) is 0. The molecule has 10 nitrogen and oxygen atoms in total. The molecule has 4 N–H and O–H groups in total. The van der Waals surface area contributed by atoms with Gasteiger partial charge in [0.25, 0.3) is 10.0 Å². The minimum atomic E-state index is -3.93. The van der Waals surface area contributed by atoms with Crippen LogP contribution in [-0.4, -0.2) is 41.0 Å². The van der Waals surface area contributed by atoms with Crippen molar-refractivity contribution >= 4 is 33.0 Å². The van der Waals surface area contributed by atoms with Gasteiger partial charge in [-0.25, -0.2) is 35.9 Å². The van der Waals surface area contributed by atoms with E-state index in [9.17, 15) is 26.4 Å². The number of amides is 4. The first kappa shape index (κ1) is 20.0. The summed E-state index contributed by atoms with van der Waals surface area (Å²) >= 11 is 0. The van der Waals surface area contributed by atoms with Crippen molar-refractivity contribution in [1.29, 1.82) is 0 Å². The van der Waals surface area contributed by atoms with Gasteiger partial charge in [-0.15, -0.1) is 0 Å². The van der Waals surface area contributed by atoms with Gasteiger partial charge < -0.3 is 10.6 Å². The van der Waals surface area contributed by atoms with Gasteiger partial charge in [0.15, 0.2) is 0 Å². The van der Waals surface area contributed by atoms with Crippen LogP contribution in [0.4, 0.5) is 9.59 Å². The normalized spacial score (nSPS) is 20.2. The fraction of sp³-hybridized carbons (Fsp3) is 0.429. The maximum atomic E-state index is 12.1. The van der Waals surface area contributed by atoms with Gasteiger partial charge in [0, 0.05) is 12.1 Å². The summed E-state index contributed by atoms with van der Waals surface area (Å²) in [7, 11) is -6.94. The van der Waals surface area contributed by atoms with Gasteiger partial charge in [-0.3, -0.25) is 0 Å². The monoisotopic (exact) mass is 404 g/mol. The Balaban J connectivity index is 1.78. The van der Waals surface area contributed by atoms with E-state index in [1.807, 2.05) is 4.72 Å². The van der Waals surface area contributed by atoms with Crippen molar-refractivity contribution in [2.45, 2.75) is 42.7 Å². The lowest BCUT2D eigenvalue weighted by Gasteiger charge is -2.29. The first-order chi connectivity index (χ1) is 12.3. The summed E-state index contributed by atoms with van der Waals surface area (Å²) in [4.78, 5) is 23.2. The second-order valence-corrected chi connectivity index (χ2v) is 8.20. The quantitative estimate of drug-likeness (QED) is 0.429. The molecule has 1 aromatic rings. The van der Waals surface area contributed by atoms with Crippen LogP contribution in [0.5, 0.6) is 0 Å². The zero-order valence-corrected chi connectivity index (χ0v) is 15.4. The average Bonchev–Trinajstić information content (AvgIpc) is 2.56. The Morgan fingerprint density at radius 3 is 1.88 bits per heavy atom. The summed E-state index contributed by atoms with van der Waals surface area (Å²) in [5.41, 5.74) is 0. The molecule has 0 spiro atoms. The Bertz CT molecular complexity index is 809. The van der Waals surface area contributed by atoms with E-state index < -0.39 is 33.0 Å². The van der Waals surface area contributed by atoms with Gasteiger partial charge in [-0.05, 0) is 37.8 Å². The molecule has 4 amide bonds. The number of carbonyl (C=O) groups excluding carboxylic acids is 2. The van der Waals surface area contributed by atoms with Gasteiger partial charge in [-0.2, -0.15) is 0 Å². The number of nitrogens with one attached hydrogen (secondary N) is 4. The number of benzene rings is 1. The van der Waals surface area contributed by atoms with Crippen LogP contribution < -0.4 is 20.1 Å². The van der Waals surface area contributed by atoms with Crippen LogP contribution in [0, 0.1) is 0 Å². The third-order valence-corrected chi connectivity index (χ3v) is 5.60. The summed E-state index contributed by atoms with van der Waals surface area (Å²) < 4.78 is 48.6. The van der Waals surface area contributed by atoms with E-state index >= 15 is 0 Å². The summed E-state index contributed by atoms with van der Waals surface area (Å²) in [5, 5.41) is 5.12. The second-order valence-electron chi connectivity index (χ2n) is 5.78. The molecule has 0 atom stereocenters. The molecule has 0 bridgehead atoms. The summed E-state index contributed by atoms with van der Waals surface area (Å²) in [6, 6.07) is 5.49. The van der Waals surface area contributed by atoms with Crippen molar-refractivity contribution in [2.75, 3.05) is 0 Å². The van der Waals surface area contributed by atoms with E-state index in [-0.39, 0.29) is 17.0 Å². The average molecular weight is 404 g/mol. The molecule has 1 aliphatic rings. The van der Waals surface area contributed by atoms with Gasteiger partial charge in [-0.1, -0.05) is 18.2 Å². The fourth-order valence-electron chi connectivity index (χ4n) is 2.68. The highest BCUT2D eigenvalue weighted by Crippen LogP contribution is 2.18. The molecule has 1 saturated carbocycles. The predicted molar refractivity (Wildman–Crippen MR) is 93.3 cm³/mol. The zero-order chi connectivity index (χ0) is 19.2. The van der Waals surface area contributed by atoms with Crippen molar-refractivity contribution in [3.63, 3.8) is 0 Å². The lowest BCUT2D eigenvalue weighted by Crippen LogP contribution is -2.49. The number of thiol groups is 1. The maximum absolute atomic E-state index is 12.1. The highest BCUT2D eigenvalue weighted by molar-refractivity contribution is 7.90. The van der Waals surface area contributed by atoms with Crippen LogP contribution >= 0.6 is 0 Å². The van der Waals surface area contributed by atoms with Crippen molar-refractivity contribution in [2.24, 2.45) is 0 Å². The number of hydrogen-bond donors (Lipinski definition) is 5. The van der Waals surface area contributed by atoms with Crippen LogP contribution in [0.2, 0.25) is 0 Å². The van der Waals surface area contributed by atoms with E-state index in [0.717, 1.165) is 0 Å². The Labute approximate surface area is 152 Å². The third-order valence-electron chi connectivity index (χ3n) is 3.87. The lowest BCUT2D eigenvalue weighted by atomic mass is 9.91. The van der Waals surface area contributed by atoms with Gasteiger partial charge >= 0.3 is 12.1 Å². The minimum absolute atomic E-state index is 0.00854. The van der Waals surface area contributed by atoms with Crippen LogP contribution in [0.3, 0.4) is 0 Å². The largest absolute Gasteiger partial charge is 0.335 e. The molecular formula is C14H20N4O6S2. The Morgan fingerprint density at radius 1 is 0.885 bits per heavy atom. The second kappa shape index (κ2) is 8.85. The van der Waals surface area contributed by atoms with Crippen LogP contribution in [-0.2, 0) is 20.9 Å². The van der Waals surface area contributed by atoms with Crippen molar-refractivity contribution in [1.82, 2.24) is 20.1 Å². The molecule has 1 aromatic carbocycles. The maximum Gasteiger partial charge on any atom is 0.328 e. The molecule has 0 unspecified atom stereocenters. The molecule has 1 aliphatic carbocycles. The van der Waals surface area contributed by atoms with Gasteiger partial charge in [0.05, 0.1) is 4.90 Å². The fourth-order valence-corrected chi connectivity index (χ4v) is 3.84.